The molecule has 0 bridgehead atoms. The Bertz CT molecular complexity index is 371. The van der Waals surface area contributed by atoms with Gasteiger partial charge in [-0.2, -0.15) is 0 Å². The Balaban J connectivity index is 2.45. The molecule has 1 heterocycles. The van der Waals surface area contributed by atoms with Crippen LogP contribution in [0.25, 0.3) is 0 Å². The molecule has 0 fully saturated rings. The number of anilines is 1. The summed E-state index contributed by atoms with van der Waals surface area (Å²) in [5, 5.41) is 0. The zero-order chi connectivity index (χ0) is 10.1. The fourth-order valence-corrected chi connectivity index (χ4v) is 1.98. The second-order valence-corrected chi connectivity index (χ2v) is 3.92. The molecular formula is C12H15NO. The van der Waals surface area contributed by atoms with Gasteiger partial charge in [-0.15, -0.1) is 0 Å². The standard InChI is InChI=1S/C12H15NO/c1-9(14)11-6-5-10-4-3-7-13(2)12(10)8-11/h5-6,8H,3-4,7H2,1-2H3. The van der Waals surface area contributed by atoms with E-state index in [9.17, 15) is 4.79 Å². The molecule has 1 aromatic rings. The molecule has 0 unspecified atom stereocenters. The van der Waals surface area contributed by atoms with Crippen LogP contribution in [0, 0.1) is 0 Å². The molecule has 0 aliphatic carbocycles. The molecule has 2 rings (SSSR count). The first kappa shape index (κ1) is 9.25. The second kappa shape index (κ2) is 3.45. The minimum absolute atomic E-state index is 0.145. The largest absolute Gasteiger partial charge is 0.374 e. The number of fused-ring (bicyclic) bond motifs is 1. The highest BCUT2D eigenvalue weighted by Crippen LogP contribution is 2.26. The van der Waals surface area contributed by atoms with Crippen LogP contribution in [0.4, 0.5) is 5.69 Å². The lowest BCUT2D eigenvalue weighted by molar-refractivity contribution is 0.101. The number of benzene rings is 1. The summed E-state index contributed by atoms with van der Waals surface area (Å²) < 4.78 is 0. The topological polar surface area (TPSA) is 20.3 Å². The van der Waals surface area contributed by atoms with E-state index in [4.69, 9.17) is 0 Å². The van der Waals surface area contributed by atoms with Crippen molar-refractivity contribution in [2.45, 2.75) is 19.8 Å². The summed E-state index contributed by atoms with van der Waals surface area (Å²) in [7, 11) is 2.09. The zero-order valence-corrected chi connectivity index (χ0v) is 8.71. The lowest BCUT2D eigenvalue weighted by atomic mass is 9.99. The molecule has 1 aliphatic heterocycles. The van der Waals surface area contributed by atoms with Crippen molar-refractivity contribution in [1.82, 2.24) is 0 Å². The van der Waals surface area contributed by atoms with Gasteiger partial charge in [-0.25, -0.2) is 0 Å². The maximum absolute atomic E-state index is 11.2. The normalized spacial score (nSPS) is 15.1. The molecule has 0 atom stereocenters. The number of carbonyl (C=O) groups is 1. The summed E-state index contributed by atoms with van der Waals surface area (Å²) in [6, 6.07) is 6.03. The predicted octanol–water partition coefficient (Wildman–Crippen LogP) is 2.27. The first-order chi connectivity index (χ1) is 6.68. The molecule has 0 aromatic heterocycles. The number of carbonyl (C=O) groups excluding carboxylic acids is 1. The summed E-state index contributed by atoms with van der Waals surface area (Å²) in [6.45, 7) is 2.71. The van der Waals surface area contributed by atoms with Gasteiger partial charge in [0.05, 0.1) is 0 Å². The molecule has 14 heavy (non-hydrogen) atoms. The summed E-state index contributed by atoms with van der Waals surface area (Å²) >= 11 is 0. The lowest BCUT2D eigenvalue weighted by Crippen LogP contribution is -2.24. The molecule has 0 saturated carbocycles. The first-order valence-electron chi connectivity index (χ1n) is 5.03. The Kier molecular flexibility index (Phi) is 2.28. The minimum atomic E-state index is 0.145. The predicted molar refractivity (Wildman–Crippen MR) is 58.0 cm³/mol. The van der Waals surface area contributed by atoms with E-state index in [-0.39, 0.29) is 5.78 Å². The number of hydrogen-bond acceptors (Lipinski definition) is 2. The molecule has 0 radical (unpaired) electrons. The van der Waals surface area contributed by atoms with Crippen molar-refractivity contribution < 1.29 is 4.79 Å². The van der Waals surface area contributed by atoms with E-state index >= 15 is 0 Å². The number of Topliss-reactive ketones (excluding diaryl/α,β-unsaturated/α-hetero) is 1. The molecule has 0 amide bonds. The van der Waals surface area contributed by atoms with Crippen molar-refractivity contribution in [2.24, 2.45) is 0 Å². The van der Waals surface area contributed by atoms with Crippen molar-refractivity contribution >= 4 is 11.5 Å². The van der Waals surface area contributed by atoms with E-state index in [0.717, 1.165) is 18.5 Å². The fourth-order valence-electron chi connectivity index (χ4n) is 1.98. The van der Waals surface area contributed by atoms with E-state index in [1.165, 1.54) is 17.7 Å². The van der Waals surface area contributed by atoms with E-state index in [2.05, 4.69) is 18.0 Å². The van der Waals surface area contributed by atoms with Gasteiger partial charge in [0.1, 0.15) is 0 Å². The Labute approximate surface area is 84.5 Å². The maximum Gasteiger partial charge on any atom is 0.159 e. The van der Waals surface area contributed by atoms with E-state index < -0.39 is 0 Å². The number of ketones is 1. The highest BCUT2D eigenvalue weighted by atomic mass is 16.1. The second-order valence-electron chi connectivity index (χ2n) is 3.92. The third kappa shape index (κ3) is 1.52. The number of nitrogens with zero attached hydrogens (tertiary/aromatic N) is 1. The van der Waals surface area contributed by atoms with Gasteiger partial charge < -0.3 is 4.90 Å². The SMILES string of the molecule is CC(=O)c1ccc2c(c1)N(C)CCC2. The first-order valence-corrected chi connectivity index (χ1v) is 5.03. The number of rotatable bonds is 1. The van der Waals surface area contributed by atoms with Gasteiger partial charge in [0, 0.05) is 24.8 Å². The molecular weight excluding hydrogens is 174 g/mol. The Morgan fingerprint density at radius 1 is 1.43 bits per heavy atom. The number of hydrogen-bond donors (Lipinski definition) is 0. The van der Waals surface area contributed by atoms with Crippen LogP contribution < -0.4 is 4.90 Å². The van der Waals surface area contributed by atoms with E-state index in [1.54, 1.807) is 6.92 Å². The van der Waals surface area contributed by atoms with Gasteiger partial charge in [0.25, 0.3) is 0 Å². The van der Waals surface area contributed by atoms with Crippen molar-refractivity contribution in [3.8, 4) is 0 Å². The van der Waals surface area contributed by atoms with Gasteiger partial charge in [0.15, 0.2) is 5.78 Å². The highest BCUT2D eigenvalue weighted by Gasteiger charge is 2.14. The Morgan fingerprint density at radius 2 is 2.21 bits per heavy atom. The van der Waals surface area contributed by atoms with Gasteiger partial charge in [-0.3, -0.25) is 4.79 Å². The van der Waals surface area contributed by atoms with Gasteiger partial charge in [0.2, 0.25) is 0 Å². The fraction of sp³-hybridized carbons (Fsp3) is 0.417. The van der Waals surface area contributed by atoms with Gasteiger partial charge >= 0.3 is 0 Å². The van der Waals surface area contributed by atoms with Crippen LogP contribution >= 0.6 is 0 Å². The van der Waals surface area contributed by atoms with E-state index in [1.807, 2.05) is 12.1 Å². The molecule has 74 valence electrons. The quantitative estimate of drug-likeness (QED) is 0.632. The monoisotopic (exact) mass is 189 g/mol. The lowest BCUT2D eigenvalue weighted by Gasteiger charge is -2.27. The van der Waals surface area contributed by atoms with Crippen LogP contribution in [-0.2, 0) is 6.42 Å². The summed E-state index contributed by atoms with van der Waals surface area (Å²) in [4.78, 5) is 13.4. The Morgan fingerprint density at radius 3 is 2.93 bits per heavy atom. The van der Waals surface area contributed by atoms with Gasteiger partial charge in [-0.05, 0) is 31.4 Å². The summed E-state index contributed by atoms with van der Waals surface area (Å²) in [5.41, 5.74) is 3.41. The highest BCUT2D eigenvalue weighted by molar-refractivity contribution is 5.95. The van der Waals surface area contributed by atoms with E-state index in [0.29, 0.717) is 0 Å². The van der Waals surface area contributed by atoms with Crippen LogP contribution in [0.3, 0.4) is 0 Å². The molecule has 1 aliphatic rings. The summed E-state index contributed by atoms with van der Waals surface area (Å²) in [6.07, 6.45) is 2.35. The Hall–Kier alpha value is -1.31. The molecule has 1 aromatic carbocycles. The van der Waals surface area contributed by atoms with Crippen LogP contribution in [0.15, 0.2) is 18.2 Å². The number of aryl methyl sites for hydroxylation is 1. The molecule has 0 saturated heterocycles. The smallest absolute Gasteiger partial charge is 0.159 e. The maximum atomic E-state index is 11.2. The molecule has 0 N–H and O–H groups in total. The van der Waals surface area contributed by atoms with Crippen molar-refractivity contribution in [1.29, 1.82) is 0 Å². The van der Waals surface area contributed by atoms with Crippen molar-refractivity contribution in [3.05, 3.63) is 29.3 Å². The van der Waals surface area contributed by atoms with Crippen LogP contribution in [0.5, 0.6) is 0 Å². The average Bonchev–Trinajstić information content (AvgIpc) is 2.18. The minimum Gasteiger partial charge on any atom is -0.374 e. The molecule has 0 spiro atoms. The summed E-state index contributed by atoms with van der Waals surface area (Å²) in [5.74, 6) is 0.145. The molecule has 2 nitrogen and oxygen atoms in total. The third-order valence-electron chi connectivity index (χ3n) is 2.84. The average molecular weight is 189 g/mol. The molecule has 2 heteroatoms. The van der Waals surface area contributed by atoms with Crippen molar-refractivity contribution in [2.75, 3.05) is 18.5 Å². The van der Waals surface area contributed by atoms with Crippen LogP contribution in [-0.4, -0.2) is 19.4 Å². The zero-order valence-electron chi connectivity index (χ0n) is 8.71. The third-order valence-corrected chi connectivity index (χ3v) is 2.84. The van der Waals surface area contributed by atoms with Crippen LogP contribution in [0.1, 0.15) is 29.3 Å². The van der Waals surface area contributed by atoms with Crippen molar-refractivity contribution in [3.63, 3.8) is 0 Å². The van der Waals surface area contributed by atoms with Gasteiger partial charge in [-0.1, -0.05) is 12.1 Å². The van der Waals surface area contributed by atoms with Crippen LogP contribution in [0.2, 0.25) is 0 Å².